The third-order valence-electron chi connectivity index (χ3n) is 2.98. The Hall–Kier alpha value is -1.16. The minimum Gasteiger partial charge on any atom is -0.494 e. The second-order valence-electron chi connectivity index (χ2n) is 5.52. The SMILES string of the molecule is CCCCOc1cc(COS(C)(=O)=O)cc(C(C)OS(C)(=O)=O)c1. The van der Waals surface area contributed by atoms with Crippen molar-refractivity contribution in [2.75, 3.05) is 19.1 Å². The van der Waals surface area contributed by atoms with Crippen LogP contribution in [0.25, 0.3) is 0 Å². The van der Waals surface area contributed by atoms with Crippen LogP contribution in [-0.2, 0) is 35.2 Å². The molecule has 0 heterocycles. The number of hydrogen-bond donors (Lipinski definition) is 0. The molecule has 0 amide bonds. The zero-order valence-electron chi connectivity index (χ0n) is 14.3. The Morgan fingerprint density at radius 1 is 1.04 bits per heavy atom. The lowest BCUT2D eigenvalue weighted by molar-refractivity contribution is 0.234. The standard InChI is InChI=1S/C15H24O7S2/c1-5-6-7-20-15-9-13(11-21-23(3,16)17)8-14(10-15)12(2)22-24(4,18)19/h8-10,12H,5-7,11H2,1-4H3. The normalized spacial score (nSPS) is 13.7. The monoisotopic (exact) mass is 380 g/mol. The lowest BCUT2D eigenvalue weighted by atomic mass is 10.1. The van der Waals surface area contributed by atoms with Gasteiger partial charge in [0.15, 0.2) is 0 Å². The van der Waals surface area contributed by atoms with E-state index in [4.69, 9.17) is 13.1 Å². The lowest BCUT2D eigenvalue weighted by Gasteiger charge is -2.15. The Labute approximate surface area is 144 Å². The van der Waals surface area contributed by atoms with E-state index in [1.807, 2.05) is 6.92 Å². The minimum atomic E-state index is -3.62. The number of ether oxygens (including phenoxy) is 1. The van der Waals surface area contributed by atoms with Crippen LogP contribution in [0.4, 0.5) is 0 Å². The van der Waals surface area contributed by atoms with Crippen LogP contribution in [-0.4, -0.2) is 36.0 Å². The summed E-state index contributed by atoms with van der Waals surface area (Å²) in [5.74, 6) is 0.511. The summed E-state index contributed by atoms with van der Waals surface area (Å²) in [5, 5.41) is 0. The van der Waals surface area contributed by atoms with Gasteiger partial charge in [0.05, 0.1) is 31.8 Å². The highest BCUT2D eigenvalue weighted by atomic mass is 32.2. The van der Waals surface area contributed by atoms with Crippen LogP contribution in [0.1, 0.15) is 43.9 Å². The maximum absolute atomic E-state index is 11.3. The molecule has 1 aromatic carbocycles. The Bertz CT molecular complexity index is 739. The number of benzene rings is 1. The highest BCUT2D eigenvalue weighted by molar-refractivity contribution is 7.86. The maximum Gasteiger partial charge on any atom is 0.264 e. The summed E-state index contributed by atoms with van der Waals surface area (Å²) in [6.07, 6.45) is 3.04. The Balaban J connectivity index is 3.04. The van der Waals surface area contributed by atoms with E-state index in [-0.39, 0.29) is 6.61 Å². The third kappa shape index (κ3) is 8.62. The van der Waals surface area contributed by atoms with Crippen LogP contribution in [0.2, 0.25) is 0 Å². The average Bonchev–Trinajstić information content (AvgIpc) is 2.43. The Kier molecular flexibility index (Phi) is 7.65. The highest BCUT2D eigenvalue weighted by Crippen LogP contribution is 2.26. The van der Waals surface area contributed by atoms with Crippen LogP contribution in [0.3, 0.4) is 0 Å². The first-order chi connectivity index (χ1) is 11.0. The van der Waals surface area contributed by atoms with Crippen molar-refractivity contribution in [3.63, 3.8) is 0 Å². The van der Waals surface area contributed by atoms with Gasteiger partial charge in [0, 0.05) is 0 Å². The van der Waals surface area contributed by atoms with Crippen LogP contribution in [0.5, 0.6) is 5.75 Å². The summed E-state index contributed by atoms with van der Waals surface area (Å²) in [7, 11) is -7.21. The van der Waals surface area contributed by atoms with Crippen molar-refractivity contribution in [1.82, 2.24) is 0 Å². The van der Waals surface area contributed by atoms with Gasteiger partial charge in [-0.15, -0.1) is 0 Å². The fourth-order valence-electron chi connectivity index (χ4n) is 1.91. The van der Waals surface area contributed by atoms with Gasteiger partial charge in [-0.25, -0.2) is 0 Å². The summed E-state index contributed by atoms with van der Waals surface area (Å²) in [6.45, 7) is 3.97. The van der Waals surface area contributed by atoms with E-state index >= 15 is 0 Å². The third-order valence-corrected chi connectivity index (χ3v) is 4.17. The molecule has 9 heteroatoms. The summed E-state index contributed by atoms with van der Waals surface area (Å²) >= 11 is 0. The molecule has 1 aromatic rings. The van der Waals surface area contributed by atoms with E-state index < -0.39 is 26.3 Å². The molecule has 0 radical (unpaired) electrons. The van der Waals surface area contributed by atoms with Crippen molar-refractivity contribution in [1.29, 1.82) is 0 Å². The first-order valence-electron chi connectivity index (χ1n) is 7.49. The van der Waals surface area contributed by atoms with Gasteiger partial charge in [-0.1, -0.05) is 19.4 Å². The van der Waals surface area contributed by atoms with Crippen LogP contribution >= 0.6 is 0 Å². The van der Waals surface area contributed by atoms with Gasteiger partial charge in [-0.3, -0.25) is 8.37 Å². The summed E-state index contributed by atoms with van der Waals surface area (Å²) in [5.41, 5.74) is 1.11. The number of hydrogen-bond acceptors (Lipinski definition) is 7. The van der Waals surface area contributed by atoms with Gasteiger partial charge in [0.2, 0.25) is 0 Å². The molecule has 0 N–H and O–H groups in total. The van der Waals surface area contributed by atoms with Crippen molar-refractivity contribution >= 4 is 20.2 Å². The average molecular weight is 380 g/mol. The minimum absolute atomic E-state index is 0.164. The Morgan fingerprint density at radius 3 is 2.25 bits per heavy atom. The first kappa shape index (κ1) is 20.9. The molecule has 0 fully saturated rings. The van der Waals surface area contributed by atoms with Crippen LogP contribution in [0.15, 0.2) is 18.2 Å². The first-order valence-corrected chi connectivity index (χ1v) is 11.1. The van der Waals surface area contributed by atoms with E-state index in [1.165, 1.54) is 0 Å². The largest absolute Gasteiger partial charge is 0.494 e. The fourth-order valence-corrected chi connectivity index (χ4v) is 2.90. The lowest BCUT2D eigenvalue weighted by Crippen LogP contribution is -2.09. The van der Waals surface area contributed by atoms with E-state index in [0.717, 1.165) is 25.4 Å². The molecule has 0 aromatic heterocycles. The zero-order chi connectivity index (χ0) is 18.4. The predicted molar refractivity (Wildman–Crippen MR) is 90.8 cm³/mol. The van der Waals surface area contributed by atoms with E-state index in [0.29, 0.717) is 23.5 Å². The molecular formula is C15H24O7S2. The molecule has 0 spiro atoms. The molecule has 24 heavy (non-hydrogen) atoms. The fraction of sp³-hybridized carbons (Fsp3) is 0.600. The molecule has 0 aliphatic rings. The molecule has 0 saturated heterocycles. The summed E-state index contributed by atoms with van der Waals surface area (Å²) < 4.78 is 60.3. The zero-order valence-corrected chi connectivity index (χ0v) is 15.9. The smallest absolute Gasteiger partial charge is 0.264 e. The number of rotatable bonds is 10. The molecule has 1 rings (SSSR count). The van der Waals surface area contributed by atoms with E-state index in [9.17, 15) is 16.8 Å². The summed E-state index contributed by atoms with van der Waals surface area (Å²) in [4.78, 5) is 0. The molecule has 0 saturated carbocycles. The van der Waals surface area contributed by atoms with Gasteiger partial charge in [0.25, 0.3) is 20.2 Å². The highest BCUT2D eigenvalue weighted by Gasteiger charge is 2.15. The summed E-state index contributed by atoms with van der Waals surface area (Å²) in [6, 6.07) is 4.97. The molecule has 1 atom stereocenters. The molecule has 138 valence electrons. The van der Waals surface area contributed by atoms with Gasteiger partial charge in [-0.05, 0) is 36.6 Å². The van der Waals surface area contributed by atoms with Gasteiger partial charge in [-0.2, -0.15) is 16.8 Å². The molecule has 0 aliphatic carbocycles. The second kappa shape index (κ2) is 8.80. The molecule has 1 unspecified atom stereocenters. The van der Waals surface area contributed by atoms with Crippen molar-refractivity contribution in [2.24, 2.45) is 0 Å². The molecule has 0 bridgehead atoms. The quantitative estimate of drug-likeness (QED) is 0.454. The van der Waals surface area contributed by atoms with Gasteiger partial charge >= 0.3 is 0 Å². The van der Waals surface area contributed by atoms with E-state index in [2.05, 4.69) is 0 Å². The van der Waals surface area contributed by atoms with Crippen LogP contribution < -0.4 is 4.74 Å². The van der Waals surface area contributed by atoms with E-state index in [1.54, 1.807) is 25.1 Å². The Morgan fingerprint density at radius 2 is 1.71 bits per heavy atom. The molecule has 0 aliphatic heterocycles. The molecule has 7 nitrogen and oxygen atoms in total. The maximum atomic E-state index is 11.3. The van der Waals surface area contributed by atoms with Crippen LogP contribution in [0, 0.1) is 0 Å². The number of unbranched alkanes of at least 4 members (excludes halogenated alkanes) is 1. The van der Waals surface area contributed by atoms with Crippen molar-refractivity contribution in [3.05, 3.63) is 29.3 Å². The molecular weight excluding hydrogens is 356 g/mol. The van der Waals surface area contributed by atoms with Gasteiger partial charge < -0.3 is 4.74 Å². The van der Waals surface area contributed by atoms with Gasteiger partial charge in [0.1, 0.15) is 5.75 Å². The van der Waals surface area contributed by atoms with Crippen molar-refractivity contribution in [2.45, 2.75) is 39.4 Å². The second-order valence-corrected chi connectivity index (χ2v) is 8.77. The van der Waals surface area contributed by atoms with Crippen molar-refractivity contribution < 1.29 is 29.9 Å². The topological polar surface area (TPSA) is 96.0 Å². The predicted octanol–water partition coefficient (Wildman–Crippen LogP) is 2.38. The van der Waals surface area contributed by atoms with Crippen molar-refractivity contribution in [3.8, 4) is 5.75 Å².